The summed E-state index contributed by atoms with van der Waals surface area (Å²) in [5.41, 5.74) is 7.29. The molecule has 1 amide bonds. The van der Waals surface area contributed by atoms with Crippen LogP contribution in [0.15, 0.2) is 0 Å². The lowest BCUT2D eigenvalue weighted by Gasteiger charge is -2.19. The van der Waals surface area contributed by atoms with Gasteiger partial charge in [-0.2, -0.15) is 5.10 Å². The highest BCUT2D eigenvalue weighted by Gasteiger charge is 2.16. The zero-order valence-electron chi connectivity index (χ0n) is 11.4. The second-order valence-corrected chi connectivity index (χ2v) is 4.15. The van der Waals surface area contributed by atoms with Gasteiger partial charge in [0.1, 0.15) is 0 Å². The number of aryl methyl sites for hydroxylation is 2. The number of aromatic nitrogens is 2. The molecule has 3 N–H and O–H groups in total. The monoisotopic (exact) mass is 255 g/mol. The maximum atomic E-state index is 11.7. The number of amides is 1. The molecule has 0 aromatic carbocycles. The van der Waals surface area contributed by atoms with E-state index in [1.54, 1.807) is 23.7 Å². The molecule has 0 saturated carbocycles. The van der Waals surface area contributed by atoms with Crippen molar-refractivity contribution in [3.05, 3.63) is 5.69 Å². The maximum absolute atomic E-state index is 11.7. The molecule has 1 aromatic rings. The molecule has 0 atom stereocenters. The topological polar surface area (TPSA) is 85.4 Å². The van der Waals surface area contributed by atoms with Gasteiger partial charge in [0.15, 0.2) is 5.82 Å². The summed E-state index contributed by atoms with van der Waals surface area (Å²) in [4.78, 5) is 13.4. The molecule has 0 saturated heterocycles. The molecule has 102 valence electrons. The van der Waals surface area contributed by atoms with Crippen molar-refractivity contribution in [1.29, 1.82) is 0 Å². The molecule has 0 unspecified atom stereocenters. The largest absolute Gasteiger partial charge is 0.394 e. The van der Waals surface area contributed by atoms with Crippen LogP contribution in [0.5, 0.6) is 0 Å². The van der Waals surface area contributed by atoms with E-state index in [-0.39, 0.29) is 12.5 Å². The van der Waals surface area contributed by atoms with Crippen LogP contribution in [0.4, 0.5) is 11.5 Å². The second kappa shape index (κ2) is 6.25. The van der Waals surface area contributed by atoms with Crippen LogP contribution >= 0.6 is 0 Å². The van der Waals surface area contributed by atoms with Crippen molar-refractivity contribution in [3.8, 4) is 0 Å². The number of nitrogens with two attached hydrogens (primary N) is 1. The van der Waals surface area contributed by atoms with Crippen LogP contribution in [-0.4, -0.2) is 49.5 Å². The number of nitrogens with zero attached hydrogens (tertiary/aromatic N) is 3. The third kappa shape index (κ3) is 3.36. The zero-order valence-corrected chi connectivity index (χ0v) is 11.4. The molecule has 7 heteroatoms. The van der Waals surface area contributed by atoms with Gasteiger partial charge in [-0.15, -0.1) is 0 Å². The normalized spacial score (nSPS) is 10.4. The average Bonchev–Trinajstić information content (AvgIpc) is 2.53. The molecular weight excluding hydrogens is 234 g/mol. The number of ether oxygens (including phenoxy) is 1. The Morgan fingerprint density at radius 3 is 2.78 bits per heavy atom. The minimum Gasteiger partial charge on any atom is -0.394 e. The Morgan fingerprint density at radius 1 is 1.61 bits per heavy atom. The molecule has 0 bridgehead atoms. The number of carbonyl (C=O) groups excluding carboxylic acids is 1. The number of rotatable bonds is 6. The molecule has 0 radical (unpaired) electrons. The SMILES string of the molecule is COCCNC(=O)CN(C)c1c(N)c(C)nn1C. The molecule has 1 rings (SSSR count). The third-order valence-electron chi connectivity index (χ3n) is 2.61. The molecule has 1 aromatic heterocycles. The van der Waals surface area contributed by atoms with E-state index in [0.717, 1.165) is 11.5 Å². The Bertz CT molecular complexity index is 416. The first-order chi connectivity index (χ1) is 8.47. The predicted molar refractivity (Wildman–Crippen MR) is 70.5 cm³/mol. The molecule has 0 aliphatic carbocycles. The molecule has 0 fully saturated rings. The summed E-state index contributed by atoms with van der Waals surface area (Å²) in [7, 11) is 5.21. The van der Waals surface area contributed by atoms with Gasteiger partial charge in [-0.1, -0.05) is 0 Å². The van der Waals surface area contributed by atoms with Gasteiger partial charge in [0.2, 0.25) is 5.91 Å². The summed E-state index contributed by atoms with van der Waals surface area (Å²) in [6.07, 6.45) is 0. The Morgan fingerprint density at radius 2 is 2.28 bits per heavy atom. The van der Waals surface area contributed by atoms with Crippen LogP contribution < -0.4 is 16.0 Å². The van der Waals surface area contributed by atoms with Gasteiger partial charge in [0, 0.05) is 27.7 Å². The zero-order chi connectivity index (χ0) is 13.7. The molecule has 7 nitrogen and oxygen atoms in total. The van der Waals surface area contributed by atoms with Gasteiger partial charge in [-0.05, 0) is 6.92 Å². The van der Waals surface area contributed by atoms with Crippen molar-refractivity contribution in [2.75, 3.05) is 44.5 Å². The van der Waals surface area contributed by atoms with Crippen LogP contribution in [0.1, 0.15) is 5.69 Å². The first kappa shape index (κ1) is 14.3. The van der Waals surface area contributed by atoms with E-state index in [1.807, 2.05) is 14.0 Å². The van der Waals surface area contributed by atoms with E-state index in [4.69, 9.17) is 10.5 Å². The molecule has 1 heterocycles. The molecule has 0 aliphatic heterocycles. The van der Waals surface area contributed by atoms with E-state index in [9.17, 15) is 4.79 Å². The van der Waals surface area contributed by atoms with Crippen molar-refractivity contribution in [1.82, 2.24) is 15.1 Å². The predicted octanol–water partition coefficient (Wildman–Crippen LogP) is -0.490. The van der Waals surface area contributed by atoms with E-state index >= 15 is 0 Å². The number of likely N-dealkylation sites (N-methyl/N-ethyl adjacent to an activating group) is 1. The molecule has 0 aliphatic rings. The summed E-state index contributed by atoms with van der Waals surface area (Å²) < 4.78 is 6.53. The van der Waals surface area contributed by atoms with Gasteiger partial charge in [-0.3, -0.25) is 9.48 Å². The van der Waals surface area contributed by atoms with E-state index in [2.05, 4.69) is 10.4 Å². The van der Waals surface area contributed by atoms with Gasteiger partial charge < -0.3 is 20.7 Å². The Balaban J connectivity index is 2.59. The minimum atomic E-state index is -0.0761. The lowest BCUT2D eigenvalue weighted by atomic mass is 10.3. The first-order valence-corrected chi connectivity index (χ1v) is 5.73. The molecule has 18 heavy (non-hydrogen) atoms. The fourth-order valence-electron chi connectivity index (χ4n) is 1.75. The summed E-state index contributed by atoms with van der Waals surface area (Å²) in [5.74, 6) is 0.669. The third-order valence-corrected chi connectivity index (χ3v) is 2.61. The maximum Gasteiger partial charge on any atom is 0.239 e. The first-order valence-electron chi connectivity index (χ1n) is 5.73. The van der Waals surface area contributed by atoms with Crippen LogP contribution in [0.2, 0.25) is 0 Å². The van der Waals surface area contributed by atoms with Crippen molar-refractivity contribution in [2.45, 2.75) is 6.92 Å². The standard InChI is InChI=1S/C11H21N5O2/c1-8-10(12)11(16(3)14-8)15(2)7-9(17)13-5-6-18-4/h5-7,12H2,1-4H3,(H,13,17). The quantitative estimate of drug-likeness (QED) is 0.670. The smallest absolute Gasteiger partial charge is 0.239 e. The van der Waals surface area contributed by atoms with Crippen LogP contribution in [0, 0.1) is 6.92 Å². The summed E-state index contributed by atoms with van der Waals surface area (Å²) in [5, 5.41) is 6.97. The van der Waals surface area contributed by atoms with Crippen LogP contribution in [0.3, 0.4) is 0 Å². The van der Waals surface area contributed by atoms with E-state index in [0.29, 0.717) is 18.8 Å². The van der Waals surface area contributed by atoms with Crippen LogP contribution in [0.25, 0.3) is 0 Å². The number of hydrogen-bond donors (Lipinski definition) is 2. The van der Waals surface area contributed by atoms with Crippen molar-refractivity contribution in [2.24, 2.45) is 7.05 Å². The fraction of sp³-hybridized carbons (Fsp3) is 0.636. The summed E-state index contributed by atoms with van der Waals surface area (Å²) in [6.45, 7) is 3.07. The Hall–Kier alpha value is -1.76. The lowest BCUT2D eigenvalue weighted by Crippen LogP contribution is -2.37. The lowest BCUT2D eigenvalue weighted by molar-refractivity contribution is -0.119. The molecule has 0 spiro atoms. The highest BCUT2D eigenvalue weighted by Crippen LogP contribution is 2.23. The summed E-state index contributed by atoms with van der Waals surface area (Å²) >= 11 is 0. The number of methoxy groups -OCH3 is 1. The molecular formula is C11H21N5O2. The number of anilines is 2. The fourth-order valence-corrected chi connectivity index (χ4v) is 1.75. The van der Waals surface area contributed by atoms with E-state index < -0.39 is 0 Å². The van der Waals surface area contributed by atoms with Crippen molar-refractivity contribution >= 4 is 17.4 Å². The number of nitrogen functional groups attached to an aromatic ring is 1. The highest BCUT2D eigenvalue weighted by atomic mass is 16.5. The Kier molecular flexibility index (Phi) is 4.96. The van der Waals surface area contributed by atoms with Gasteiger partial charge in [-0.25, -0.2) is 0 Å². The van der Waals surface area contributed by atoms with Gasteiger partial charge >= 0.3 is 0 Å². The Labute approximate surface area is 107 Å². The second-order valence-electron chi connectivity index (χ2n) is 4.15. The van der Waals surface area contributed by atoms with Gasteiger partial charge in [0.05, 0.1) is 24.5 Å². The summed E-state index contributed by atoms with van der Waals surface area (Å²) in [6, 6.07) is 0. The number of hydrogen-bond acceptors (Lipinski definition) is 5. The number of nitrogens with one attached hydrogen (secondary N) is 1. The average molecular weight is 255 g/mol. The van der Waals surface area contributed by atoms with Crippen molar-refractivity contribution < 1.29 is 9.53 Å². The number of carbonyl (C=O) groups is 1. The van der Waals surface area contributed by atoms with Crippen molar-refractivity contribution in [3.63, 3.8) is 0 Å². The minimum absolute atomic E-state index is 0.0761. The van der Waals surface area contributed by atoms with Gasteiger partial charge in [0.25, 0.3) is 0 Å². The highest BCUT2D eigenvalue weighted by molar-refractivity contribution is 5.82. The van der Waals surface area contributed by atoms with E-state index in [1.165, 1.54) is 0 Å². The van der Waals surface area contributed by atoms with Crippen LogP contribution in [-0.2, 0) is 16.6 Å².